The van der Waals surface area contributed by atoms with Crippen LogP contribution in [-0.2, 0) is 16.4 Å². The quantitative estimate of drug-likeness (QED) is 0.759. The van der Waals surface area contributed by atoms with Crippen LogP contribution in [0, 0.1) is 0 Å². The molecule has 7 heteroatoms. The number of primary sulfonamides is 1. The number of hydrogen-bond donors (Lipinski definition) is 2. The number of para-hydroxylation sites is 1. The van der Waals surface area contributed by atoms with Gasteiger partial charge in [-0.25, -0.2) is 18.5 Å². The molecule has 0 aliphatic rings. The number of aromatic nitrogens is 2. The zero-order chi connectivity index (χ0) is 17.6. The monoisotopic (exact) mass is 345 g/mol. The second-order valence-electron chi connectivity index (χ2n) is 5.19. The molecule has 0 amide bonds. The van der Waals surface area contributed by atoms with Gasteiger partial charge in [0, 0.05) is 0 Å². The average Bonchev–Trinajstić information content (AvgIpc) is 2.56. The van der Waals surface area contributed by atoms with E-state index in [0.29, 0.717) is 5.39 Å². The van der Waals surface area contributed by atoms with Crippen molar-refractivity contribution in [2.75, 3.05) is 0 Å². The molecule has 3 rings (SSSR count). The van der Waals surface area contributed by atoms with E-state index in [1.54, 1.807) is 30.3 Å². The highest BCUT2D eigenvalue weighted by Gasteiger charge is 2.05. The Morgan fingerprint density at radius 2 is 1.75 bits per heavy atom. The Labute approximate surface area is 140 Å². The van der Waals surface area contributed by atoms with Gasteiger partial charge in [0.1, 0.15) is 0 Å². The third-order valence-electron chi connectivity index (χ3n) is 3.34. The summed E-state index contributed by atoms with van der Waals surface area (Å²) in [6.07, 6.45) is 3.42. The molecule has 0 aliphatic carbocycles. The minimum absolute atomic E-state index is 0.0874. The van der Waals surface area contributed by atoms with Crippen molar-refractivity contribution in [3.05, 3.63) is 70.8 Å². The second kappa shape index (κ2) is 7.85. The molecule has 6 nitrogen and oxygen atoms in total. The van der Waals surface area contributed by atoms with E-state index in [1.807, 2.05) is 18.2 Å². The standard InChI is InChI=1S/C9H13NO2S.C8H6N2O/c1-2-3-8-4-6-9(7-5-8)13(10,11)12;11-8-6-3-1-2-4-7(6)9-5-10-8/h4-7H,2-3H2,1H3,(H2,10,11,12);1-5H,(H,9,10,11). The molecule has 1 heterocycles. The van der Waals surface area contributed by atoms with E-state index < -0.39 is 10.0 Å². The molecule has 3 N–H and O–H groups in total. The van der Waals surface area contributed by atoms with Crippen LogP contribution >= 0.6 is 0 Å². The Bertz CT molecular complexity index is 959. The first-order valence-electron chi connectivity index (χ1n) is 7.46. The summed E-state index contributed by atoms with van der Waals surface area (Å²) >= 11 is 0. The summed E-state index contributed by atoms with van der Waals surface area (Å²) in [5.41, 5.74) is 1.78. The summed E-state index contributed by atoms with van der Waals surface area (Å²) < 4.78 is 21.8. The summed E-state index contributed by atoms with van der Waals surface area (Å²) in [6.45, 7) is 2.08. The van der Waals surface area contributed by atoms with Crippen molar-refractivity contribution in [1.82, 2.24) is 9.97 Å². The van der Waals surface area contributed by atoms with Gasteiger partial charge in [-0.15, -0.1) is 0 Å². The molecule has 1 aromatic heterocycles. The number of aromatic amines is 1. The van der Waals surface area contributed by atoms with E-state index >= 15 is 0 Å². The Balaban J connectivity index is 0.000000175. The fraction of sp³-hybridized carbons (Fsp3) is 0.176. The number of nitrogens with one attached hydrogen (secondary N) is 1. The van der Waals surface area contributed by atoms with Gasteiger partial charge in [0.2, 0.25) is 10.0 Å². The Morgan fingerprint density at radius 3 is 2.33 bits per heavy atom. The van der Waals surface area contributed by atoms with E-state index in [9.17, 15) is 13.2 Å². The maximum Gasteiger partial charge on any atom is 0.258 e. The van der Waals surface area contributed by atoms with Crippen LogP contribution in [0.15, 0.2) is 64.5 Å². The van der Waals surface area contributed by atoms with Crippen LogP contribution in [0.25, 0.3) is 10.9 Å². The normalized spacial score (nSPS) is 10.9. The first-order valence-corrected chi connectivity index (χ1v) is 9.00. The van der Waals surface area contributed by atoms with Crippen molar-refractivity contribution in [3.63, 3.8) is 0 Å². The van der Waals surface area contributed by atoms with E-state index in [4.69, 9.17) is 5.14 Å². The summed E-state index contributed by atoms with van der Waals surface area (Å²) in [4.78, 5) is 17.8. The van der Waals surface area contributed by atoms with Gasteiger partial charge in [-0.3, -0.25) is 4.79 Å². The van der Waals surface area contributed by atoms with Crippen LogP contribution < -0.4 is 10.7 Å². The van der Waals surface area contributed by atoms with E-state index in [-0.39, 0.29) is 10.5 Å². The molecule has 0 spiro atoms. The smallest absolute Gasteiger partial charge is 0.258 e. The number of H-pyrrole nitrogens is 1. The number of sulfonamides is 1. The minimum atomic E-state index is -3.53. The molecule has 2 aromatic carbocycles. The molecule has 0 saturated heterocycles. The molecule has 0 bridgehead atoms. The Hall–Kier alpha value is -2.51. The number of nitrogens with zero attached hydrogens (tertiary/aromatic N) is 1. The van der Waals surface area contributed by atoms with E-state index in [2.05, 4.69) is 16.9 Å². The Morgan fingerprint density at radius 1 is 1.08 bits per heavy atom. The molecule has 0 unspecified atom stereocenters. The van der Waals surface area contributed by atoms with Crippen LogP contribution in [0.2, 0.25) is 0 Å². The third kappa shape index (κ3) is 4.74. The summed E-state index contributed by atoms with van der Waals surface area (Å²) in [5.74, 6) is 0. The minimum Gasteiger partial charge on any atom is -0.313 e. The lowest BCUT2D eigenvalue weighted by Gasteiger charge is -2.00. The van der Waals surface area contributed by atoms with Crippen LogP contribution in [0.4, 0.5) is 0 Å². The summed E-state index contributed by atoms with van der Waals surface area (Å²) in [5, 5.41) is 5.59. The summed E-state index contributed by atoms with van der Waals surface area (Å²) in [6, 6.07) is 13.9. The highest BCUT2D eigenvalue weighted by molar-refractivity contribution is 7.89. The molecule has 126 valence electrons. The van der Waals surface area contributed by atoms with Crippen molar-refractivity contribution < 1.29 is 8.42 Å². The maximum atomic E-state index is 11.1. The zero-order valence-corrected chi connectivity index (χ0v) is 14.1. The van der Waals surface area contributed by atoms with Crippen molar-refractivity contribution >= 4 is 20.9 Å². The Kier molecular flexibility index (Phi) is 5.83. The van der Waals surface area contributed by atoms with Crippen molar-refractivity contribution in [2.45, 2.75) is 24.7 Å². The largest absolute Gasteiger partial charge is 0.313 e. The predicted molar refractivity (Wildman–Crippen MR) is 94.2 cm³/mol. The van der Waals surface area contributed by atoms with Crippen LogP contribution in [-0.4, -0.2) is 18.4 Å². The van der Waals surface area contributed by atoms with Gasteiger partial charge >= 0.3 is 0 Å². The highest BCUT2D eigenvalue weighted by Crippen LogP contribution is 2.09. The average molecular weight is 345 g/mol. The zero-order valence-electron chi connectivity index (χ0n) is 13.3. The maximum absolute atomic E-state index is 11.1. The van der Waals surface area contributed by atoms with Crippen molar-refractivity contribution in [3.8, 4) is 0 Å². The van der Waals surface area contributed by atoms with Gasteiger partial charge < -0.3 is 4.98 Å². The molecule has 24 heavy (non-hydrogen) atoms. The van der Waals surface area contributed by atoms with Gasteiger partial charge in [-0.05, 0) is 36.2 Å². The molecule has 0 aliphatic heterocycles. The van der Waals surface area contributed by atoms with Crippen molar-refractivity contribution in [1.29, 1.82) is 0 Å². The molecule has 0 radical (unpaired) electrons. The van der Waals surface area contributed by atoms with Gasteiger partial charge in [-0.2, -0.15) is 0 Å². The molecular weight excluding hydrogens is 326 g/mol. The van der Waals surface area contributed by atoms with Crippen LogP contribution in [0.3, 0.4) is 0 Å². The van der Waals surface area contributed by atoms with Gasteiger partial charge in [-0.1, -0.05) is 37.6 Å². The molecule has 3 aromatic rings. The number of hydrogen-bond acceptors (Lipinski definition) is 4. The lowest BCUT2D eigenvalue weighted by molar-refractivity contribution is 0.598. The fourth-order valence-electron chi connectivity index (χ4n) is 2.15. The lowest BCUT2D eigenvalue weighted by Crippen LogP contribution is -2.11. The number of rotatable bonds is 3. The molecule has 0 fully saturated rings. The molecular formula is C17H19N3O3S. The highest BCUT2D eigenvalue weighted by atomic mass is 32.2. The number of benzene rings is 2. The molecule has 0 saturated carbocycles. The first-order chi connectivity index (χ1) is 11.4. The second-order valence-corrected chi connectivity index (χ2v) is 6.75. The van der Waals surface area contributed by atoms with Gasteiger partial charge in [0.25, 0.3) is 5.56 Å². The number of fused-ring (bicyclic) bond motifs is 1. The van der Waals surface area contributed by atoms with Gasteiger partial charge in [0.05, 0.1) is 22.1 Å². The topological polar surface area (TPSA) is 106 Å². The number of aryl methyl sites for hydroxylation is 1. The van der Waals surface area contributed by atoms with Crippen molar-refractivity contribution in [2.24, 2.45) is 5.14 Å². The number of nitrogens with two attached hydrogens (primary N) is 1. The van der Waals surface area contributed by atoms with E-state index in [0.717, 1.165) is 23.9 Å². The van der Waals surface area contributed by atoms with Crippen LogP contribution in [0.1, 0.15) is 18.9 Å². The first kappa shape index (κ1) is 17.8. The van der Waals surface area contributed by atoms with Crippen LogP contribution in [0.5, 0.6) is 0 Å². The lowest BCUT2D eigenvalue weighted by atomic mass is 10.1. The fourth-order valence-corrected chi connectivity index (χ4v) is 2.67. The third-order valence-corrected chi connectivity index (χ3v) is 4.27. The van der Waals surface area contributed by atoms with E-state index in [1.165, 1.54) is 6.33 Å². The SMILES string of the molecule is CCCc1ccc(S(N)(=O)=O)cc1.O=c1[nH]cnc2ccccc12. The predicted octanol–water partition coefficient (Wildman–Crippen LogP) is 2.21. The summed E-state index contributed by atoms with van der Waals surface area (Å²) in [7, 11) is -3.53. The molecule has 0 atom stereocenters. The van der Waals surface area contributed by atoms with Gasteiger partial charge in [0.15, 0.2) is 0 Å².